The van der Waals surface area contributed by atoms with Gasteiger partial charge >= 0.3 is 6.03 Å². The molecule has 0 radical (unpaired) electrons. The molecule has 3 heterocycles. The molecule has 1 fully saturated rings. The van der Waals surface area contributed by atoms with Gasteiger partial charge in [0.25, 0.3) is 0 Å². The van der Waals surface area contributed by atoms with E-state index in [1.165, 1.54) is 11.3 Å². The molecule has 2 aromatic heterocycles. The van der Waals surface area contributed by atoms with E-state index in [1.807, 2.05) is 28.3 Å². The van der Waals surface area contributed by atoms with Gasteiger partial charge in [0, 0.05) is 30.9 Å². The Balaban J connectivity index is 1.93. The fraction of sp³-hybridized carbons (Fsp3) is 0.308. The number of aromatic nitrogens is 2. The summed E-state index contributed by atoms with van der Waals surface area (Å²) in [5.41, 5.74) is 0.914. The largest absolute Gasteiger partial charge is 0.346 e. The highest BCUT2D eigenvalue weighted by Crippen LogP contribution is 2.09. The summed E-state index contributed by atoms with van der Waals surface area (Å²) in [6.45, 7) is 1.64. The maximum Gasteiger partial charge on any atom is 0.346 e. The predicted molar refractivity (Wildman–Crippen MR) is 73.2 cm³/mol. The predicted octanol–water partition coefficient (Wildman–Crippen LogP) is 2.05. The summed E-state index contributed by atoms with van der Waals surface area (Å²) in [7, 11) is 0. The van der Waals surface area contributed by atoms with Crippen molar-refractivity contribution in [3.8, 4) is 5.69 Å². The van der Waals surface area contributed by atoms with Crippen molar-refractivity contribution in [3.63, 3.8) is 0 Å². The first-order valence-corrected chi connectivity index (χ1v) is 7.13. The molecule has 0 unspecified atom stereocenters. The molecule has 2 aromatic rings. The lowest BCUT2D eigenvalue weighted by Crippen LogP contribution is -2.27. The van der Waals surface area contributed by atoms with E-state index in [0.717, 1.165) is 31.6 Å². The highest BCUT2D eigenvalue weighted by molar-refractivity contribution is 7.07. The van der Waals surface area contributed by atoms with Gasteiger partial charge in [0.2, 0.25) is 0 Å². The first-order valence-electron chi connectivity index (χ1n) is 6.25. The van der Waals surface area contributed by atoms with Crippen LogP contribution in [0.5, 0.6) is 0 Å². The molecule has 0 N–H and O–H groups in total. The SMILES string of the molecule is O=C(N=c1sccn1-c1cccnc1)N1CCCC1. The van der Waals surface area contributed by atoms with Crippen LogP contribution in [0.4, 0.5) is 4.79 Å². The van der Waals surface area contributed by atoms with Crippen molar-refractivity contribution in [2.45, 2.75) is 12.8 Å². The first-order chi connectivity index (χ1) is 9.34. The van der Waals surface area contributed by atoms with Crippen LogP contribution < -0.4 is 4.80 Å². The zero-order valence-corrected chi connectivity index (χ0v) is 11.2. The number of urea groups is 1. The Kier molecular flexibility index (Phi) is 3.41. The molecule has 6 heteroatoms. The van der Waals surface area contributed by atoms with Crippen LogP contribution in [0.1, 0.15) is 12.8 Å². The lowest BCUT2D eigenvalue weighted by atomic mass is 10.4. The Labute approximate surface area is 114 Å². The molecule has 5 nitrogen and oxygen atoms in total. The fourth-order valence-electron chi connectivity index (χ4n) is 2.11. The minimum Gasteiger partial charge on any atom is -0.323 e. The number of carbonyl (C=O) groups excluding carboxylic acids is 1. The molecule has 0 spiro atoms. The van der Waals surface area contributed by atoms with Crippen LogP contribution in [0.3, 0.4) is 0 Å². The Morgan fingerprint density at radius 3 is 2.95 bits per heavy atom. The maximum absolute atomic E-state index is 12.0. The van der Waals surface area contributed by atoms with E-state index in [1.54, 1.807) is 17.3 Å². The Hall–Kier alpha value is -1.95. The van der Waals surface area contributed by atoms with Gasteiger partial charge in [-0.2, -0.15) is 4.99 Å². The molecule has 0 bridgehead atoms. The molecule has 1 aliphatic rings. The third-order valence-electron chi connectivity index (χ3n) is 3.08. The second kappa shape index (κ2) is 5.36. The normalized spacial score (nSPS) is 16.0. The Morgan fingerprint density at radius 2 is 2.21 bits per heavy atom. The number of pyridine rings is 1. The third-order valence-corrected chi connectivity index (χ3v) is 3.84. The van der Waals surface area contributed by atoms with Gasteiger partial charge in [-0.05, 0) is 25.0 Å². The second-order valence-corrected chi connectivity index (χ2v) is 5.23. The fourth-order valence-corrected chi connectivity index (χ4v) is 2.82. The van der Waals surface area contributed by atoms with E-state index in [-0.39, 0.29) is 6.03 Å². The Bertz CT molecular complexity index is 625. The van der Waals surface area contributed by atoms with Crippen LogP contribution in [0.2, 0.25) is 0 Å². The zero-order valence-electron chi connectivity index (χ0n) is 10.4. The summed E-state index contributed by atoms with van der Waals surface area (Å²) in [4.78, 5) is 22.8. The van der Waals surface area contributed by atoms with Gasteiger partial charge in [0.15, 0.2) is 4.80 Å². The average molecular weight is 274 g/mol. The third kappa shape index (κ3) is 2.58. The molecule has 0 aromatic carbocycles. The summed E-state index contributed by atoms with van der Waals surface area (Å²) in [5.74, 6) is 0. The van der Waals surface area contributed by atoms with Crippen molar-refractivity contribution in [2.75, 3.05) is 13.1 Å². The summed E-state index contributed by atoms with van der Waals surface area (Å²) in [6, 6.07) is 3.67. The number of rotatable bonds is 1. The highest BCUT2D eigenvalue weighted by Gasteiger charge is 2.17. The van der Waals surface area contributed by atoms with Gasteiger partial charge in [-0.3, -0.25) is 9.55 Å². The summed E-state index contributed by atoms with van der Waals surface area (Å²) < 4.78 is 1.88. The van der Waals surface area contributed by atoms with E-state index in [2.05, 4.69) is 9.98 Å². The minimum absolute atomic E-state index is 0.141. The lowest BCUT2D eigenvalue weighted by Gasteiger charge is -2.10. The monoisotopic (exact) mass is 274 g/mol. The number of carbonyl (C=O) groups is 1. The quantitative estimate of drug-likeness (QED) is 0.799. The van der Waals surface area contributed by atoms with Crippen molar-refractivity contribution in [1.82, 2.24) is 14.5 Å². The number of thiazole rings is 1. The first kappa shape index (κ1) is 12.1. The molecule has 0 saturated carbocycles. The molecule has 2 amide bonds. The van der Waals surface area contributed by atoms with Gasteiger partial charge in [-0.1, -0.05) is 0 Å². The van der Waals surface area contributed by atoms with Crippen LogP contribution in [0, 0.1) is 0 Å². The second-order valence-electron chi connectivity index (χ2n) is 4.36. The van der Waals surface area contributed by atoms with Crippen LogP contribution in [-0.4, -0.2) is 33.6 Å². The number of nitrogens with zero attached hydrogens (tertiary/aromatic N) is 4. The molecule has 3 rings (SSSR count). The molecule has 19 heavy (non-hydrogen) atoms. The minimum atomic E-state index is -0.141. The van der Waals surface area contributed by atoms with Gasteiger partial charge in [-0.15, -0.1) is 11.3 Å². The number of likely N-dealkylation sites (tertiary alicyclic amines) is 1. The van der Waals surface area contributed by atoms with Crippen molar-refractivity contribution in [2.24, 2.45) is 4.99 Å². The van der Waals surface area contributed by atoms with Crippen LogP contribution in [0.25, 0.3) is 5.69 Å². The van der Waals surface area contributed by atoms with Gasteiger partial charge in [-0.25, -0.2) is 4.79 Å². The molecular formula is C13H14N4OS. The molecule has 1 aliphatic heterocycles. The zero-order chi connectivity index (χ0) is 13.1. The van der Waals surface area contributed by atoms with Crippen LogP contribution in [-0.2, 0) is 0 Å². The highest BCUT2D eigenvalue weighted by atomic mass is 32.1. The molecule has 98 valence electrons. The van der Waals surface area contributed by atoms with Gasteiger partial charge in [0.1, 0.15) is 0 Å². The van der Waals surface area contributed by atoms with Crippen molar-refractivity contribution >= 4 is 17.4 Å². The standard InChI is InChI=1S/C13H14N4OS/c18-12(16-6-1-2-7-16)15-13-17(8-9-19-13)11-4-3-5-14-10-11/h3-5,8-10H,1-2,6-7H2. The topological polar surface area (TPSA) is 50.5 Å². The molecule has 0 atom stereocenters. The van der Waals surface area contributed by atoms with Gasteiger partial charge < -0.3 is 4.90 Å². The molecule has 1 saturated heterocycles. The molecule has 0 aliphatic carbocycles. The molecular weight excluding hydrogens is 260 g/mol. The van der Waals surface area contributed by atoms with E-state index in [0.29, 0.717) is 4.80 Å². The van der Waals surface area contributed by atoms with E-state index < -0.39 is 0 Å². The van der Waals surface area contributed by atoms with Crippen molar-refractivity contribution in [3.05, 3.63) is 40.9 Å². The Morgan fingerprint density at radius 1 is 1.37 bits per heavy atom. The summed E-state index contributed by atoms with van der Waals surface area (Å²) in [6.07, 6.45) is 7.54. The van der Waals surface area contributed by atoms with Crippen LogP contribution >= 0.6 is 11.3 Å². The van der Waals surface area contributed by atoms with E-state index in [9.17, 15) is 4.79 Å². The summed E-state index contributed by atoms with van der Waals surface area (Å²) in [5, 5.41) is 1.92. The van der Waals surface area contributed by atoms with Gasteiger partial charge in [0.05, 0.1) is 11.9 Å². The van der Waals surface area contributed by atoms with E-state index >= 15 is 0 Å². The summed E-state index contributed by atoms with van der Waals surface area (Å²) >= 11 is 1.45. The maximum atomic E-state index is 12.0. The number of amides is 2. The number of hydrogen-bond acceptors (Lipinski definition) is 3. The van der Waals surface area contributed by atoms with Crippen LogP contribution in [0.15, 0.2) is 41.1 Å². The smallest absolute Gasteiger partial charge is 0.323 e. The van der Waals surface area contributed by atoms with Crippen molar-refractivity contribution in [1.29, 1.82) is 0 Å². The number of hydrogen-bond donors (Lipinski definition) is 0. The average Bonchev–Trinajstić information content (AvgIpc) is 3.11. The van der Waals surface area contributed by atoms with Crippen molar-refractivity contribution < 1.29 is 4.79 Å². The van der Waals surface area contributed by atoms with E-state index in [4.69, 9.17) is 0 Å². The lowest BCUT2D eigenvalue weighted by molar-refractivity contribution is 0.218.